The summed E-state index contributed by atoms with van der Waals surface area (Å²) < 4.78 is 1.66. The normalized spacial score (nSPS) is 12.2. The lowest BCUT2D eigenvalue weighted by molar-refractivity contribution is -0.115. The molecule has 0 radical (unpaired) electrons. The largest absolute Gasteiger partial charge is 0.325 e. The number of aryl methyl sites for hydroxylation is 2. The molecule has 9 nitrogen and oxygen atoms in total. The number of amides is 1. The summed E-state index contributed by atoms with van der Waals surface area (Å²) in [6, 6.07) is 11.2. The van der Waals surface area contributed by atoms with E-state index in [4.69, 9.17) is 0 Å². The molecule has 0 fully saturated rings. The maximum Gasteiger partial charge on any atom is 0.323 e. The van der Waals surface area contributed by atoms with Gasteiger partial charge in [0.25, 0.3) is 0 Å². The van der Waals surface area contributed by atoms with E-state index in [1.54, 1.807) is 29.8 Å². The van der Waals surface area contributed by atoms with Gasteiger partial charge in [-0.2, -0.15) is 4.68 Å². The van der Waals surface area contributed by atoms with Gasteiger partial charge in [-0.15, -0.1) is 5.10 Å². The summed E-state index contributed by atoms with van der Waals surface area (Å²) in [6.45, 7) is 5.78. The summed E-state index contributed by atoms with van der Waals surface area (Å²) in [7, 11) is 0. The Hall–Kier alpha value is -3.40. The van der Waals surface area contributed by atoms with E-state index in [2.05, 4.69) is 30.8 Å². The molecule has 3 N–H and O–H groups in total. The number of para-hydroxylation sites is 1. The van der Waals surface area contributed by atoms with Crippen LogP contribution in [0.1, 0.15) is 18.1 Å². The fourth-order valence-electron chi connectivity index (χ4n) is 3.10. The molecule has 0 saturated heterocycles. The SMILES string of the molecule is Cc1cccc(C)c1-n1nnnc1S[C@H](C)C(=O)Nc1ccc2[nH]c(=O)[nH]c2c1. The lowest BCUT2D eigenvalue weighted by Crippen LogP contribution is -2.23. The predicted molar refractivity (Wildman–Crippen MR) is 111 cm³/mol. The van der Waals surface area contributed by atoms with Gasteiger partial charge in [0.15, 0.2) is 0 Å². The molecular formula is C19H19N7O2S. The lowest BCUT2D eigenvalue weighted by atomic mass is 10.1. The summed E-state index contributed by atoms with van der Waals surface area (Å²) >= 11 is 1.28. The molecule has 2 heterocycles. The minimum Gasteiger partial charge on any atom is -0.325 e. The Kier molecular flexibility index (Phi) is 4.93. The highest BCUT2D eigenvalue weighted by molar-refractivity contribution is 8.00. The zero-order valence-electron chi connectivity index (χ0n) is 16.1. The minimum absolute atomic E-state index is 0.191. The topological polar surface area (TPSA) is 121 Å². The van der Waals surface area contributed by atoms with Crippen molar-refractivity contribution >= 4 is 34.4 Å². The van der Waals surface area contributed by atoms with Gasteiger partial charge in [-0.25, -0.2) is 4.79 Å². The number of nitrogens with zero attached hydrogens (tertiary/aromatic N) is 4. The number of nitrogens with one attached hydrogen (secondary N) is 3. The molecule has 0 aliphatic rings. The fraction of sp³-hybridized carbons (Fsp3) is 0.211. The number of hydrogen-bond acceptors (Lipinski definition) is 6. The second-order valence-electron chi connectivity index (χ2n) is 6.70. The van der Waals surface area contributed by atoms with Crippen LogP contribution in [0.5, 0.6) is 0 Å². The molecule has 148 valence electrons. The molecule has 2 aromatic carbocycles. The van der Waals surface area contributed by atoms with Crippen molar-refractivity contribution in [2.24, 2.45) is 0 Å². The molecule has 2 aromatic heterocycles. The van der Waals surface area contributed by atoms with E-state index >= 15 is 0 Å². The molecule has 4 aromatic rings. The van der Waals surface area contributed by atoms with Crippen LogP contribution in [0.3, 0.4) is 0 Å². The third kappa shape index (κ3) is 3.79. The summed E-state index contributed by atoms with van der Waals surface area (Å²) in [4.78, 5) is 29.4. The molecule has 29 heavy (non-hydrogen) atoms. The van der Waals surface area contributed by atoms with E-state index in [0.29, 0.717) is 21.9 Å². The summed E-state index contributed by atoms with van der Waals surface area (Å²) in [5, 5.41) is 14.9. The van der Waals surface area contributed by atoms with Crippen LogP contribution >= 0.6 is 11.8 Å². The number of carbonyl (C=O) groups excluding carboxylic acids is 1. The van der Waals surface area contributed by atoms with E-state index in [1.165, 1.54) is 11.8 Å². The summed E-state index contributed by atoms with van der Waals surface area (Å²) in [5.74, 6) is -0.191. The van der Waals surface area contributed by atoms with Crippen LogP contribution < -0.4 is 11.0 Å². The van der Waals surface area contributed by atoms with Crippen LogP contribution in [0.4, 0.5) is 5.69 Å². The molecular weight excluding hydrogens is 390 g/mol. The van der Waals surface area contributed by atoms with Gasteiger partial charge in [-0.3, -0.25) is 4.79 Å². The molecule has 0 saturated carbocycles. The summed E-state index contributed by atoms with van der Waals surface area (Å²) in [5.41, 5.74) is 4.63. The van der Waals surface area contributed by atoms with Crippen LogP contribution in [0, 0.1) is 13.8 Å². The van der Waals surface area contributed by atoms with Crippen molar-refractivity contribution in [3.05, 3.63) is 58.0 Å². The van der Waals surface area contributed by atoms with Crippen molar-refractivity contribution in [1.82, 2.24) is 30.2 Å². The molecule has 0 aliphatic heterocycles. The smallest absolute Gasteiger partial charge is 0.323 e. The standard InChI is InChI=1S/C19H19N7O2S/c1-10-5-4-6-11(2)16(10)26-19(23-24-25-26)29-12(3)17(27)20-13-7-8-14-15(9-13)22-18(28)21-14/h4-9,12H,1-3H3,(H,20,27)(H2,21,22,28)/t12-/m1/s1. The number of thioether (sulfide) groups is 1. The van der Waals surface area contributed by atoms with Crippen LogP contribution in [0.2, 0.25) is 0 Å². The van der Waals surface area contributed by atoms with Crippen molar-refractivity contribution < 1.29 is 4.79 Å². The molecule has 1 atom stereocenters. The van der Waals surface area contributed by atoms with Gasteiger partial charge in [0.2, 0.25) is 11.1 Å². The maximum atomic E-state index is 12.7. The number of imidazole rings is 1. The number of hydrogen-bond donors (Lipinski definition) is 3. The van der Waals surface area contributed by atoms with Gasteiger partial charge in [-0.05, 0) is 60.5 Å². The highest BCUT2D eigenvalue weighted by Gasteiger charge is 2.21. The molecule has 0 bridgehead atoms. The highest BCUT2D eigenvalue weighted by atomic mass is 32.2. The van der Waals surface area contributed by atoms with Gasteiger partial charge in [0.1, 0.15) is 0 Å². The third-order valence-corrected chi connectivity index (χ3v) is 5.56. The third-order valence-electron chi connectivity index (χ3n) is 4.53. The first kappa shape index (κ1) is 18.9. The van der Waals surface area contributed by atoms with Crippen molar-refractivity contribution in [3.8, 4) is 5.69 Å². The van der Waals surface area contributed by atoms with Gasteiger partial charge in [0.05, 0.1) is 22.0 Å². The van der Waals surface area contributed by atoms with Gasteiger partial charge >= 0.3 is 5.69 Å². The van der Waals surface area contributed by atoms with E-state index in [9.17, 15) is 9.59 Å². The predicted octanol–water partition coefficient (Wildman–Crippen LogP) is 2.57. The van der Waals surface area contributed by atoms with E-state index in [1.807, 2.05) is 32.0 Å². The minimum atomic E-state index is -0.440. The zero-order chi connectivity index (χ0) is 20.5. The molecule has 0 spiro atoms. The van der Waals surface area contributed by atoms with Crippen molar-refractivity contribution in [1.29, 1.82) is 0 Å². The number of aromatic amines is 2. The van der Waals surface area contributed by atoms with Crippen molar-refractivity contribution in [2.75, 3.05) is 5.32 Å². The van der Waals surface area contributed by atoms with E-state index < -0.39 is 5.25 Å². The Bertz CT molecular complexity index is 1240. The first-order valence-corrected chi connectivity index (χ1v) is 9.85. The number of fused-ring (bicyclic) bond motifs is 1. The van der Waals surface area contributed by atoms with Crippen molar-refractivity contribution in [3.63, 3.8) is 0 Å². The van der Waals surface area contributed by atoms with Gasteiger partial charge in [-0.1, -0.05) is 30.0 Å². The van der Waals surface area contributed by atoms with Gasteiger partial charge in [0, 0.05) is 5.69 Å². The Morgan fingerprint density at radius 2 is 1.86 bits per heavy atom. The van der Waals surface area contributed by atoms with Crippen LogP contribution in [-0.2, 0) is 4.79 Å². The molecule has 1 amide bonds. The average Bonchev–Trinajstić information content (AvgIpc) is 3.26. The second-order valence-corrected chi connectivity index (χ2v) is 8.01. The second kappa shape index (κ2) is 7.55. The Morgan fingerprint density at radius 3 is 2.62 bits per heavy atom. The number of tetrazole rings is 1. The highest BCUT2D eigenvalue weighted by Crippen LogP contribution is 2.27. The number of carbonyl (C=O) groups is 1. The molecule has 4 rings (SSSR count). The molecule has 0 aliphatic carbocycles. The van der Waals surface area contributed by atoms with E-state index in [-0.39, 0.29) is 11.6 Å². The Morgan fingerprint density at radius 1 is 1.14 bits per heavy atom. The molecule has 0 unspecified atom stereocenters. The van der Waals surface area contributed by atoms with Crippen LogP contribution in [0.25, 0.3) is 16.7 Å². The van der Waals surface area contributed by atoms with Crippen LogP contribution in [-0.4, -0.2) is 41.3 Å². The zero-order valence-corrected chi connectivity index (χ0v) is 16.9. The molecule has 10 heteroatoms. The Balaban J connectivity index is 1.52. The van der Waals surface area contributed by atoms with E-state index in [0.717, 1.165) is 16.8 Å². The lowest BCUT2D eigenvalue weighted by Gasteiger charge is -2.13. The first-order chi connectivity index (χ1) is 13.9. The fourth-order valence-corrected chi connectivity index (χ4v) is 3.89. The Labute approximate surface area is 169 Å². The number of anilines is 1. The number of rotatable bonds is 5. The van der Waals surface area contributed by atoms with Gasteiger partial charge < -0.3 is 15.3 Å². The summed E-state index contributed by atoms with van der Waals surface area (Å²) in [6.07, 6.45) is 0. The van der Waals surface area contributed by atoms with Crippen LogP contribution in [0.15, 0.2) is 46.3 Å². The maximum absolute atomic E-state index is 12.7. The number of H-pyrrole nitrogens is 2. The quantitative estimate of drug-likeness (QED) is 0.436. The first-order valence-electron chi connectivity index (χ1n) is 8.97. The monoisotopic (exact) mass is 409 g/mol. The van der Waals surface area contributed by atoms with Crippen molar-refractivity contribution in [2.45, 2.75) is 31.2 Å². The number of aromatic nitrogens is 6. The number of benzene rings is 2. The average molecular weight is 409 g/mol.